The molecule has 0 aromatic heterocycles. The van der Waals surface area contributed by atoms with Crippen molar-refractivity contribution in [3.63, 3.8) is 0 Å². The maximum atomic E-state index is 3.68. The van der Waals surface area contributed by atoms with Gasteiger partial charge in [0.2, 0.25) is 0 Å². The van der Waals surface area contributed by atoms with Crippen LogP contribution in [0.25, 0.3) is 0 Å². The van der Waals surface area contributed by atoms with E-state index in [1.807, 2.05) is 0 Å². The minimum atomic E-state index is 0.139. The maximum absolute atomic E-state index is 3.68. The van der Waals surface area contributed by atoms with Gasteiger partial charge in [-0.2, -0.15) is 11.8 Å². The van der Waals surface area contributed by atoms with Crippen molar-refractivity contribution < 1.29 is 0 Å². The molecule has 0 radical (unpaired) electrons. The Kier molecular flexibility index (Phi) is 6.44. The Hall–Kier alpha value is -0.130. The molecule has 0 spiro atoms. The Labute approximate surface area is 112 Å². The SMILES string of the molecule is CCCNC(CC#CC(C)(C)C)C1CCSC1. The Morgan fingerprint density at radius 1 is 1.41 bits per heavy atom. The fraction of sp³-hybridized carbons (Fsp3) is 0.867. The Balaban J connectivity index is 2.47. The van der Waals surface area contributed by atoms with Gasteiger partial charge in [-0.05, 0) is 57.6 Å². The molecule has 0 amide bonds. The first-order valence-corrected chi connectivity index (χ1v) is 7.99. The quantitative estimate of drug-likeness (QED) is 0.752. The molecule has 98 valence electrons. The van der Waals surface area contributed by atoms with Gasteiger partial charge in [-0.3, -0.25) is 0 Å². The highest BCUT2D eigenvalue weighted by Gasteiger charge is 2.24. The van der Waals surface area contributed by atoms with Gasteiger partial charge in [-0.25, -0.2) is 0 Å². The first-order chi connectivity index (χ1) is 8.03. The summed E-state index contributed by atoms with van der Waals surface area (Å²) in [5.74, 6) is 10.2. The van der Waals surface area contributed by atoms with Gasteiger partial charge in [0, 0.05) is 17.9 Å². The second-order valence-corrected chi connectivity index (χ2v) is 7.09. The lowest BCUT2D eigenvalue weighted by atomic mass is 9.94. The summed E-state index contributed by atoms with van der Waals surface area (Å²) >= 11 is 2.09. The fourth-order valence-corrected chi connectivity index (χ4v) is 3.37. The van der Waals surface area contributed by atoms with Crippen molar-refractivity contribution in [3.8, 4) is 11.8 Å². The van der Waals surface area contributed by atoms with Crippen LogP contribution >= 0.6 is 11.8 Å². The summed E-state index contributed by atoms with van der Waals surface area (Å²) in [6, 6.07) is 0.611. The molecule has 1 rings (SSSR count). The van der Waals surface area contributed by atoms with Crippen LogP contribution in [0.2, 0.25) is 0 Å². The number of thioether (sulfide) groups is 1. The molecular weight excluding hydrogens is 226 g/mol. The molecule has 17 heavy (non-hydrogen) atoms. The summed E-state index contributed by atoms with van der Waals surface area (Å²) in [5, 5.41) is 3.68. The molecule has 0 bridgehead atoms. The standard InChI is InChI=1S/C15H27NS/c1-5-10-16-14(13-8-11-17-12-13)7-6-9-15(2,3)4/h13-14,16H,5,7-8,10-12H2,1-4H3. The molecule has 0 aromatic rings. The van der Waals surface area contributed by atoms with Gasteiger partial charge in [0.25, 0.3) is 0 Å². The minimum absolute atomic E-state index is 0.139. The van der Waals surface area contributed by atoms with E-state index in [1.165, 1.54) is 24.3 Å². The molecule has 0 saturated carbocycles. The predicted octanol–water partition coefficient (Wildman–Crippen LogP) is 3.55. The average molecular weight is 253 g/mol. The zero-order valence-corrected chi connectivity index (χ0v) is 12.6. The smallest absolute Gasteiger partial charge is 0.0246 e. The van der Waals surface area contributed by atoms with Gasteiger partial charge in [0.05, 0.1) is 0 Å². The average Bonchev–Trinajstić information content (AvgIpc) is 2.74. The number of nitrogens with one attached hydrogen (secondary N) is 1. The second-order valence-electron chi connectivity index (χ2n) is 5.94. The van der Waals surface area contributed by atoms with Crippen molar-refractivity contribution in [2.75, 3.05) is 18.1 Å². The summed E-state index contributed by atoms with van der Waals surface area (Å²) in [4.78, 5) is 0. The van der Waals surface area contributed by atoms with Gasteiger partial charge in [-0.15, -0.1) is 5.92 Å². The highest BCUT2D eigenvalue weighted by Crippen LogP contribution is 2.27. The van der Waals surface area contributed by atoms with Crippen LogP contribution < -0.4 is 5.32 Å². The summed E-state index contributed by atoms with van der Waals surface area (Å²) in [6.07, 6.45) is 3.59. The third-order valence-electron chi connectivity index (χ3n) is 2.98. The molecule has 1 aliphatic heterocycles. The van der Waals surface area contributed by atoms with Crippen LogP contribution in [-0.2, 0) is 0 Å². The van der Waals surface area contributed by atoms with Crippen molar-refractivity contribution in [1.82, 2.24) is 5.32 Å². The van der Waals surface area contributed by atoms with Crippen LogP contribution in [0.5, 0.6) is 0 Å². The lowest BCUT2D eigenvalue weighted by Crippen LogP contribution is -2.36. The zero-order chi connectivity index (χ0) is 12.7. The van der Waals surface area contributed by atoms with E-state index in [1.54, 1.807) is 0 Å². The molecule has 2 heteroatoms. The van der Waals surface area contributed by atoms with E-state index in [0.717, 1.165) is 18.9 Å². The molecule has 1 nitrogen and oxygen atoms in total. The van der Waals surface area contributed by atoms with E-state index in [-0.39, 0.29) is 5.41 Å². The molecule has 1 aliphatic rings. The second kappa shape index (κ2) is 7.34. The number of hydrogen-bond acceptors (Lipinski definition) is 2. The van der Waals surface area contributed by atoms with Crippen molar-refractivity contribution in [3.05, 3.63) is 0 Å². The lowest BCUT2D eigenvalue weighted by molar-refractivity contribution is 0.388. The summed E-state index contributed by atoms with van der Waals surface area (Å²) in [7, 11) is 0. The third kappa shape index (κ3) is 6.38. The summed E-state index contributed by atoms with van der Waals surface area (Å²) in [5.41, 5.74) is 0.139. The largest absolute Gasteiger partial charge is 0.313 e. The molecule has 2 unspecified atom stereocenters. The minimum Gasteiger partial charge on any atom is -0.313 e. The lowest BCUT2D eigenvalue weighted by Gasteiger charge is -2.22. The molecule has 0 aromatic carbocycles. The van der Waals surface area contributed by atoms with Crippen molar-refractivity contribution >= 4 is 11.8 Å². The molecule has 1 saturated heterocycles. The first kappa shape index (κ1) is 14.9. The van der Waals surface area contributed by atoms with Crippen LogP contribution in [0.15, 0.2) is 0 Å². The van der Waals surface area contributed by atoms with Gasteiger partial charge in [-0.1, -0.05) is 12.8 Å². The molecule has 1 heterocycles. The van der Waals surface area contributed by atoms with Gasteiger partial charge in [0.1, 0.15) is 0 Å². The van der Waals surface area contributed by atoms with E-state index >= 15 is 0 Å². The normalized spacial score (nSPS) is 22.0. The monoisotopic (exact) mass is 253 g/mol. The van der Waals surface area contributed by atoms with Gasteiger partial charge in [0.15, 0.2) is 0 Å². The Morgan fingerprint density at radius 3 is 2.71 bits per heavy atom. The van der Waals surface area contributed by atoms with Gasteiger partial charge >= 0.3 is 0 Å². The van der Waals surface area contributed by atoms with E-state index in [9.17, 15) is 0 Å². The van der Waals surface area contributed by atoms with Crippen molar-refractivity contribution in [2.24, 2.45) is 11.3 Å². The highest BCUT2D eigenvalue weighted by molar-refractivity contribution is 7.99. The number of hydrogen-bond donors (Lipinski definition) is 1. The summed E-state index contributed by atoms with van der Waals surface area (Å²) < 4.78 is 0. The molecule has 1 fully saturated rings. The van der Waals surface area contributed by atoms with E-state index in [4.69, 9.17) is 0 Å². The number of rotatable bonds is 5. The van der Waals surface area contributed by atoms with E-state index < -0.39 is 0 Å². The highest BCUT2D eigenvalue weighted by atomic mass is 32.2. The van der Waals surface area contributed by atoms with E-state index in [2.05, 4.69) is 56.6 Å². The maximum Gasteiger partial charge on any atom is 0.0246 e. The van der Waals surface area contributed by atoms with Crippen molar-refractivity contribution in [1.29, 1.82) is 0 Å². The van der Waals surface area contributed by atoms with Crippen LogP contribution in [0.3, 0.4) is 0 Å². The van der Waals surface area contributed by atoms with Crippen LogP contribution in [0.1, 0.15) is 47.0 Å². The molecule has 1 N–H and O–H groups in total. The van der Waals surface area contributed by atoms with Crippen LogP contribution in [0.4, 0.5) is 0 Å². The first-order valence-electron chi connectivity index (χ1n) is 6.84. The third-order valence-corrected chi connectivity index (χ3v) is 4.16. The fourth-order valence-electron chi connectivity index (χ4n) is 2.03. The topological polar surface area (TPSA) is 12.0 Å². The van der Waals surface area contributed by atoms with E-state index in [0.29, 0.717) is 6.04 Å². The molecular formula is C15H27NS. The zero-order valence-electron chi connectivity index (χ0n) is 11.8. The summed E-state index contributed by atoms with van der Waals surface area (Å²) in [6.45, 7) is 9.90. The van der Waals surface area contributed by atoms with Crippen LogP contribution in [0, 0.1) is 23.2 Å². The van der Waals surface area contributed by atoms with Crippen LogP contribution in [-0.4, -0.2) is 24.1 Å². The molecule has 0 aliphatic carbocycles. The Bertz CT molecular complexity index is 263. The van der Waals surface area contributed by atoms with Crippen molar-refractivity contribution in [2.45, 2.75) is 53.0 Å². The molecule has 2 atom stereocenters. The Morgan fingerprint density at radius 2 is 2.18 bits per heavy atom. The predicted molar refractivity (Wildman–Crippen MR) is 79.4 cm³/mol. The van der Waals surface area contributed by atoms with Gasteiger partial charge < -0.3 is 5.32 Å².